The summed E-state index contributed by atoms with van der Waals surface area (Å²) < 4.78 is 29.1. The predicted molar refractivity (Wildman–Crippen MR) is 127 cm³/mol. The average molecular weight is 553 g/mol. The molecular formula is C20H32N4O10S2. The van der Waals surface area contributed by atoms with E-state index in [1.807, 2.05) is 18.7 Å². The van der Waals surface area contributed by atoms with Gasteiger partial charge in [-0.05, 0) is 19.3 Å². The highest BCUT2D eigenvalue weighted by atomic mass is 32.2. The van der Waals surface area contributed by atoms with Crippen LogP contribution in [0.3, 0.4) is 0 Å². The number of thioether (sulfide) groups is 1. The summed E-state index contributed by atoms with van der Waals surface area (Å²) in [5.41, 5.74) is 0. The van der Waals surface area contributed by atoms with Crippen molar-refractivity contribution in [2.45, 2.75) is 86.9 Å². The van der Waals surface area contributed by atoms with Crippen LogP contribution in [-0.4, -0.2) is 92.4 Å². The lowest BCUT2D eigenvalue weighted by molar-refractivity contribution is -0.171. The quantitative estimate of drug-likeness (QED) is 0.0651. The first kappa shape index (κ1) is 29.8. The van der Waals surface area contributed by atoms with Gasteiger partial charge in [0.05, 0.1) is 18.5 Å². The topological polar surface area (TPSA) is 220 Å². The first-order valence-electron chi connectivity index (χ1n) is 11.6. The van der Waals surface area contributed by atoms with Gasteiger partial charge >= 0.3 is 12.0 Å². The second-order valence-corrected chi connectivity index (χ2v) is 11.6. The largest absolute Gasteiger partial charge is 0.480 e. The Labute approximate surface area is 212 Å². The lowest BCUT2D eigenvalue weighted by Gasteiger charge is -2.17. The molecule has 0 aromatic carbocycles. The third kappa shape index (κ3) is 8.31. The van der Waals surface area contributed by atoms with Crippen molar-refractivity contribution in [2.75, 3.05) is 5.75 Å². The van der Waals surface area contributed by atoms with Gasteiger partial charge in [0, 0.05) is 17.4 Å². The number of fused-ring (bicyclic) bond motifs is 1. The number of hydroxylamine groups is 2. The number of urea groups is 1. The summed E-state index contributed by atoms with van der Waals surface area (Å²) in [6.45, 7) is 1.99. The minimum atomic E-state index is -4.59. The molecule has 3 rings (SSSR count). The first-order chi connectivity index (χ1) is 16.8. The second-order valence-electron chi connectivity index (χ2n) is 8.72. The average Bonchev–Trinajstić information content (AvgIpc) is 3.43. The normalized spacial score (nSPS) is 26.0. The summed E-state index contributed by atoms with van der Waals surface area (Å²) >= 11 is 1.86. The Bertz CT molecular complexity index is 960. The smallest absolute Gasteiger partial charge is 0.326 e. The zero-order valence-corrected chi connectivity index (χ0v) is 21.3. The Hall–Kier alpha value is -2.43. The molecule has 5 atom stereocenters. The van der Waals surface area contributed by atoms with Crippen molar-refractivity contribution in [3.63, 3.8) is 0 Å². The molecule has 16 heteroatoms. The first-order valence-corrected chi connectivity index (χ1v) is 14.1. The Morgan fingerprint density at radius 3 is 2.42 bits per heavy atom. The molecule has 14 nitrogen and oxygen atoms in total. The number of carboxylic acid groups (broad SMARTS) is 1. The zero-order valence-electron chi connectivity index (χ0n) is 19.7. The van der Waals surface area contributed by atoms with E-state index in [-0.39, 0.29) is 29.1 Å². The van der Waals surface area contributed by atoms with Gasteiger partial charge in [-0.2, -0.15) is 25.2 Å². The number of unbranched alkanes of at least 4 members (excludes halogenated alkanes) is 2. The molecule has 2 unspecified atom stereocenters. The number of hydrogen-bond donors (Lipinski definition) is 6. The SMILES string of the molecule is CCCCC(NC(=O)CCCC[C@@H]1SC[C@@H]2NC(=O)N[C@@H]21)C(=O)O.O=C1CC(S(=O)(=O)O)C(=O)N1O. The lowest BCUT2D eigenvalue weighted by atomic mass is 10.0. The Morgan fingerprint density at radius 2 is 1.89 bits per heavy atom. The number of carbonyl (C=O) groups excluding carboxylic acids is 4. The highest BCUT2D eigenvalue weighted by Crippen LogP contribution is 2.33. The van der Waals surface area contributed by atoms with Crippen molar-refractivity contribution in [3.8, 4) is 0 Å². The number of amides is 5. The predicted octanol–water partition coefficient (Wildman–Crippen LogP) is -0.137. The standard InChI is InChI=1S/C16H27N3O4S.C4H5NO6S/c1-2-3-6-10(15(21)22)17-13(20)8-5-4-7-12-14-11(9-24-12)18-16(23)19-14;6-3-1-2(12(9,10)11)4(7)5(3)8/h10-12,14H,2-9H2,1H3,(H,17,20)(H,21,22)(H2,18,19,23);2,8H,1H2,(H,9,10,11)/t10?,11-,12-,14-;/m0./s1. The van der Waals surface area contributed by atoms with E-state index in [0.717, 1.165) is 37.9 Å². The van der Waals surface area contributed by atoms with Crippen LogP contribution in [-0.2, 0) is 29.3 Å². The Kier molecular flexibility index (Phi) is 10.9. The molecule has 5 amide bonds. The summed E-state index contributed by atoms with van der Waals surface area (Å²) in [4.78, 5) is 55.5. The fourth-order valence-electron chi connectivity index (χ4n) is 4.03. The molecule has 0 radical (unpaired) electrons. The summed E-state index contributed by atoms with van der Waals surface area (Å²) in [5.74, 6) is -2.57. The lowest BCUT2D eigenvalue weighted by Crippen LogP contribution is -2.40. The van der Waals surface area contributed by atoms with Crippen molar-refractivity contribution < 1.29 is 47.3 Å². The molecular weight excluding hydrogens is 520 g/mol. The number of nitrogens with one attached hydrogen (secondary N) is 3. The van der Waals surface area contributed by atoms with Crippen molar-refractivity contribution in [1.82, 2.24) is 21.0 Å². The second kappa shape index (κ2) is 13.2. The molecule has 0 aliphatic carbocycles. The van der Waals surface area contributed by atoms with E-state index in [1.165, 1.54) is 0 Å². The van der Waals surface area contributed by atoms with E-state index in [4.69, 9.17) is 14.9 Å². The molecule has 3 aliphatic heterocycles. The van der Waals surface area contributed by atoms with E-state index < -0.39 is 45.6 Å². The number of nitrogens with zero attached hydrogens (tertiary/aromatic N) is 1. The molecule has 6 N–H and O–H groups in total. The maximum Gasteiger partial charge on any atom is 0.326 e. The maximum atomic E-state index is 11.9. The van der Waals surface area contributed by atoms with Crippen LogP contribution in [0.25, 0.3) is 0 Å². The number of carbonyl (C=O) groups is 5. The van der Waals surface area contributed by atoms with Crippen molar-refractivity contribution in [3.05, 3.63) is 0 Å². The van der Waals surface area contributed by atoms with E-state index in [0.29, 0.717) is 18.1 Å². The molecule has 3 fully saturated rings. The van der Waals surface area contributed by atoms with Crippen molar-refractivity contribution >= 4 is 51.6 Å². The van der Waals surface area contributed by atoms with Crippen molar-refractivity contribution in [1.29, 1.82) is 0 Å². The van der Waals surface area contributed by atoms with Crippen LogP contribution in [0.1, 0.15) is 58.3 Å². The molecule has 3 saturated heterocycles. The number of hydrogen-bond acceptors (Lipinski definition) is 9. The fraction of sp³-hybridized carbons (Fsp3) is 0.750. The van der Waals surface area contributed by atoms with E-state index >= 15 is 0 Å². The Morgan fingerprint density at radius 1 is 1.19 bits per heavy atom. The molecule has 0 aromatic rings. The Balaban J connectivity index is 0.000000319. The van der Waals surface area contributed by atoms with Gasteiger partial charge in [0.25, 0.3) is 21.9 Å². The molecule has 0 spiro atoms. The molecule has 204 valence electrons. The van der Waals surface area contributed by atoms with Gasteiger partial charge in [0.1, 0.15) is 6.04 Å². The van der Waals surface area contributed by atoms with Gasteiger partial charge in [-0.25, -0.2) is 9.59 Å². The number of carboxylic acids is 1. The maximum absolute atomic E-state index is 11.9. The van der Waals surface area contributed by atoms with Gasteiger partial charge in [-0.1, -0.05) is 26.2 Å². The van der Waals surface area contributed by atoms with E-state index in [1.54, 1.807) is 0 Å². The van der Waals surface area contributed by atoms with Gasteiger partial charge in [0.2, 0.25) is 5.91 Å². The summed E-state index contributed by atoms with van der Waals surface area (Å²) in [7, 11) is -4.59. The van der Waals surface area contributed by atoms with Crippen LogP contribution in [0.15, 0.2) is 0 Å². The summed E-state index contributed by atoms with van der Waals surface area (Å²) in [6, 6.07) is -0.433. The van der Waals surface area contributed by atoms with Gasteiger partial charge < -0.3 is 21.1 Å². The minimum Gasteiger partial charge on any atom is -0.480 e. The zero-order chi connectivity index (χ0) is 27.0. The molecule has 0 saturated carbocycles. The fourth-order valence-corrected chi connectivity index (χ4v) is 6.28. The van der Waals surface area contributed by atoms with E-state index in [2.05, 4.69) is 16.0 Å². The van der Waals surface area contributed by atoms with Crippen LogP contribution in [0.2, 0.25) is 0 Å². The van der Waals surface area contributed by atoms with Crippen LogP contribution >= 0.6 is 11.8 Å². The van der Waals surface area contributed by atoms with Crippen molar-refractivity contribution in [2.24, 2.45) is 0 Å². The van der Waals surface area contributed by atoms with Crippen LogP contribution < -0.4 is 16.0 Å². The molecule has 0 bridgehead atoms. The van der Waals surface area contributed by atoms with Crippen LogP contribution in [0.4, 0.5) is 4.79 Å². The minimum absolute atomic E-state index is 0.0820. The van der Waals surface area contributed by atoms with E-state index in [9.17, 15) is 32.4 Å². The van der Waals surface area contributed by atoms with Gasteiger partial charge in [-0.3, -0.25) is 24.1 Å². The highest BCUT2D eigenvalue weighted by Gasteiger charge is 2.45. The highest BCUT2D eigenvalue weighted by molar-refractivity contribution is 8.00. The number of aliphatic carboxylic acids is 1. The summed E-state index contributed by atoms with van der Waals surface area (Å²) in [6.07, 6.45) is 4.41. The summed E-state index contributed by atoms with van der Waals surface area (Å²) in [5, 5.41) is 24.4. The molecule has 0 aromatic heterocycles. The van der Waals surface area contributed by atoms with Gasteiger partial charge in [0.15, 0.2) is 5.25 Å². The van der Waals surface area contributed by atoms with Gasteiger partial charge in [-0.15, -0.1) is 0 Å². The third-order valence-corrected chi connectivity index (χ3v) is 8.60. The van der Waals surface area contributed by atoms with Crippen LogP contribution in [0.5, 0.6) is 0 Å². The molecule has 3 aliphatic rings. The number of imide groups is 1. The molecule has 3 heterocycles. The van der Waals surface area contributed by atoms with Crippen LogP contribution in [0, 0.1) is 0 Å². The third-order valence-electron chi connectivity index (χ3n) is 6.00. The monoisotopic (exact) mass is 552 g/mol. The molecule has 36 heavy (non-hydrogen) atoms. The number of rotatable bonds is 11.